The molecule has 1 aliphatic rings. The van der Waals surface area contributed by atoms with Crippen molar-refractivity contribution in [2.45, 2.75) is 58.3 Å². The van der Waals surface area contributed by atoms with Crippen LogP contribution in [0, 0.1) is 12.3 Å². The Labute approximate surface area is 208 Å². The van der Waals surface area contributed by atoms with Crippen molar-refractivity contribution in [3.63, 3.8) is 0 Å². The Morgan fingerprint density at radius 1 is 1.14 bits per heavy atom. The summed E-state index contributed by atoms with van der Waals surface area (Å²) in [6, 6.07) is 14.3. The highest BCUT2D eigenvalue weighted by Gasteiger charge is 2.63. The SMILES string of the molecule is C=CCC(NC(=O)N1C(=O)C(CC)(CC)[C@@H]1Oc1ccc([C@@H](N)COC)cc1)c1ccc(C)cc1. The van der Waals surface area contributed by atoms with Gasteiger partial charge in [0.25, 0.3) is 0 Å². The number of methoxy groups -OCH3 is 1. The summed E-state index contributed by atoms with van der Waals surface area (Å²) < 4.78 is 11.4. The number of nitrogens with one attached hydrogen (secondary N) is 1. The number of carbonyl (C=O) groups is 2. The van der Waals surface area contributed by atoms with Gasteiger partial charge in [0.2, 0.25) is 5.91 Å². The Bertz CT molecular complexity index is 1020. The Morgan fingerprint density at radius 2 is 1.74 bits per heavy atom. The zero-order valence-corrected chi connectivity index (χ0v) is 21.1. The maximum absolute atomic E-state index is 13.3. The first-order valence-electron chi connectivity index (χ1n) is 12.1. The van der Waals surface area contributed by atoms with Gasteiger partial charge in [0.15, 0.2) is 6.23 Å². The zero-order valence-electron chi connectivity index (χ0n) is 21.1. The predicted molar refractivity (Wildman–Crippen MR) is 137 cm³/mol. The number of likely N-dealkylation sites (tertiary alicyclic amines) is 1. The molecule has 0 bridgehead atoms. The van der Waals surface area contributed by atoms with Crippen molar-refractivity contribution in [3.8, 4) is 5.75 Å². The van der Waals surface area contributed by atoms with E-state index in [9.17, 15) is 9.59 Å². The van der Waals surface area contributed by atoms with Gasteiger partial charge in [-0.3, -0.25) is 4.79 Å². The van der Waals surface area contributed by atoms with E-state index in [1.165, 1.54) is 4.90 Å². The summed E-state index contributed by atoms with van der Waals surface area (Å²) in [6.07, 6.45) is 2.74. The van der Waals surface area contributed by atoms with Crippen LogP contribution in [-0.2, 0) is 9.53 Å². The van der Waals surface area contributed by atoms with Gasteiger partial charge in [-0.2, -0.15) is 0 Å². The summed E-state index contributed by atoms with van der Waals surface area (Å²) in [5, 5.41) is 3.01. The minimum Gasteiger partial charge on any atom is -0.469 e. The first-order chi connectivity index (χ1) is 16.8. The van der Waals surface area contributed by atoms with Crippen molar-refractivity contribution in [2.24, 2.45) is 11.1 Å². The average molecular weight is 480 g/mol. The number of urea groups is 1. The minimum absolute atomic E-state index is 0.218. The summed E-state index contributed by atoms with van der Waals surface area (Å²) >= 11 is 0. The lowest BCUT2D eigenvalue weighted by molar-refractivity contribution is -0.191. The first-order valence-corrected chi connectivity index (χ1v) is 12.1. The maximum Gasteiger partial charge on any atom is 0.327 e. The van der Waals surface area contributed by atoms with Gasteiger partial charge in [-0.25, -0.2) is 9.69 Å². The summed E-state index contributed by atoms with van der Waals surface area (Å²) in [7, 11) is 1.61. The molecule has 3 atom stereocenters. The summed E-state index contributed by atoms with van der Waals surface area (Å²) in [5.41, 5.74) is 8.36. The maximum atomic E-state index is 13.3. The molecule has 0 aliphatic carbocycles. The van der Waals surface area contributed by atoms with Crippen LogP contribution in [0.2, 0.25) is 0 Å². The smallest absolute Gasteiger partial charge is 0.327 e. The summed E-state index contributed by atoms with van der Waals surface area (Å²) in [5.74, 6) is 0.353. The number of amides is 3. The zero-order chi connectivity index (χ0) is 25.6. The standard InChI is InChI=1S/C28H37N3O4/c1-6-9-24(21-12-10-19(4)11-13-21)30-27(33)31-25(32)28(7-2,8-3)26(31)35-22-16-14-20(15-17-22)23(29)18-34-5/h6,10-17,23-24,26H,1,7-9,18,29H2,2-5H3,(H,30,33)/t23-,24?,26-/m0/s1. The van der Waals surface area contributed by atoms with E-state index >= 15 is 0 Å². The third kappa shape index (κ3) is 5.41. The molecule has 3 N–H and O–H groups in total. The number of aryl methyl sites for hydroxylation is 1. The number of carbonyl (C=O) groups excluding carboxylic acids is 2. The van der Waals surface area contributed by atoms with Crippen LogP contribution in [0.15, 0.2) is 61.2 Å². The number of benzene rings is 2. The van der Waals surface area contributed by atoms with Crippen molar-refractivity contribution < 1.29 is 19.1 Å². The number of nitrogens with two attached hydrogens (primary N) is 1. The third-order valence-corrected chi connectivity index (χ3v) is 6.91. The molecule has 1 aliphatic heterocycles. The molecule has 7 heteroatoms. The van der Waals surface area contributed by atoms with Crippen molar-refractivity contribution in [3.05, 3.63) is 77.9 Å². The highest BCUT2D eigenvalue weighted by atomic mass is 16.5. The summed E-state index contributed by atoms with van der Waals surface area (Å²) in [4.78, 5) is 27.8. The molecule has 2 aromatic rings. The molecular formula is C28H37N3O4. The second-order valence-corrected chi connectivity index (χ2v) is 9.08. The molecule has 0 radical (unpaired) electrons. The van der Waals surface area contributed by atoms with Crippen molar-refractivity contribution >= 4 is 11.9 Å². The Kier molecular flexibility index (Phi) is 8.70. The quantitative estimate of drug-likeness (QED) is 0.349. The van der Waals surface area contributed by atoms with E-state index in [0.29, 0.717) is 31.6 Å². The second-order valence-electron chi connectivity index (χ2n) is 9.08. The van der Waals surface area contributed by atoms with Crippen LogP contribution in [0.1, 0.15) is 61.9 Å². The van der Waals surface area contributed by atoms with Gasteiger partial charge in [-0.1, -0.05) is 61.9 Å². The van der Waals surface area contributed by atoms with Crippen LogP contribution in [0.4, 0.5) is 4.79 Å². The normalized spacial score (nSPS) is 18.4. The number of imide groups is 1. The molecule has 0 spiro atoms. The van der Waals surface area contributed by atoms with E-state index in [-0.39, 0.29) is 18.0 Å². The van der Waals surface area contributed by atoms with Crippen molar-refractivity contribution in [1.82, 2.24) is 10.2 Å². The number of ether oxygens (including phenoxy) is 2. The molecule has 0 saturated carbocycles. The average Bonchev–Trinajstić information content (AvgIpc) is 2.85. The molecule has 0 aromatic heterocycles. The second kappa shape index (κ2) is 11.5. The van der Waals surface area contributed by atoms with Crippen molar-refractivity contribution in [2.75, 3.05) is 13.7 Å². The number of β-lactam (4-membered cyclic amide) rings is 1. The monoisotopic (exact) mass is 479 g/mol. The molecule has 188 valence electrons. The molecule has 2 aromatic carbocycles. The molecule has 7 nitrogen and oxygen atoms in total. The van der Waals surface area contributed by atoms with Gasteiger partial charge < -0.3 is 20.5 Å². The molecule has 1 saturated heterocycles. The van der Waals surface area contributed by atoms with E-state index in [1.54, 1.807) is 13.2 Å². The molecule has 3 amide bonds. The van der Waals surface area contributed by atoms with Gasteiger partial charge in [0.1, 0.15) is 11.2 Å². The molecule has 1 fully saturated rings. The molecule has 3 rings (SSSR count). The van der Waals surface area contributed by atoms with Crippen LogP contribution in [0.25, 0.3) is 0 Å². The highest BCUT2D eigenvalue weighted by Crippen LogP contribution is 2.46. The fourth-order valence-corrected chi connectivity index (χ4v) is 4.56. The van der Waals surface area contributed by atoms with E-state index < -0.39 is 17.7 Å². The third-order valence-electron chi connectivity index (χ3n) is 6.91. The van der Waals surface area contributed by atoms with Crippen LogP contribution in [-0.4, -0.2) is 36.8 Å². The molecular weight excluding hydrogens is 442 g/mol. The largest absolute Gasteiger partial charge is 0.469 e. The van der Waals surface area contributed by atoms with Crippen LogP contribution in [0.5, 0.6) is 5.75 Å². The topological polar surface area (TPSA) is 93.9 Å². The van der Waals surface area contributed by atoms with E-state index in [2.05, 4.69) is 11.9 Å². The number of nitrogens with zero attached hydrogens (tertiary/aromatic N) is 1. The fourth-order valence-electron chi connectivity index (χ4n) is 4.56. The Hall–Kier alpha value is -3.16. The van der Waals surface area contributed by atoms with Crippen LogP contribution >= 0.6 is 0 Å². The number of rotatable bonds is 11. The summed E-state index contributed by atoms with van der Waals surface area (Å²) in [6.45, 7) is 10.1. The van der Waals surface area contributed by atoms with Gasteiger partial charge in [-0.15, -0.1) is 6.58 Å². The van der Waals surface area contributed by atoms with Gasteiger partial charge in [-0.05, 0) is 49.4 Å². The lowest BCUT2D eigenvalue weighted by Gasteiger charge is -2.53. The van der Waals surface area contributed by atoms with Crippen LogP contribution < -0.4 is 15.8 Å². The predicted octanol–water partition coefficient (Wildman–Crippen LogP) is 5.02. The molecule has 1 heterocycles. The van der Waals surface area contributed by atoms with E-state index in [1.807, 2.05) is 69.3 Å². The fraction of sp³-hybridized carbons (Fsp3) is 0.429. The van der Waals surface area contributed by atoms with Crippen LogP contribution in [0.3, 0.4) is 0 Å². The Morgan fingerprint density at radius 3 is 2.29 bits per heavy atom. The van der Waals surface area contributed by atoms with E-state index in [4.69, 9.17) is 15.2 Å². The molecule has 1 unspecified atom stereocenters. The number of hydrogen-bond donors (Lipinski definition) is 2. The highest BCUT2D eigenvalue weighted by molar-refractivity contribution is 6.03. The first kappa shape index (κ1) is 26.4. The lowest BCUT2D eigenvalue weighted by atomic mass is 9.72. The number of hydrogen-bond acceptors (Lipinski definition) is 5. The van der Waals surface area contributed by atoms with Crippen molar-refractivity contribution in [1.29, 1.82) is 0 Å². The van der Waals surface area contributed by atoms with Gasteiger partial charge in [0.05, 0.1) is 18.7 Å². The lowest BCUT2D eigenvalue weighted by Crippen LogP contribution is -2.73. The van der Waals surface area contributed by atoms with E-state index in [0.717, 1.165) is 16.7 Å². The molecule has 35 heavy (non-hydrogen) atoms. The van der Waals surface area contributed by atoms with Gasteiger partial charge in [0, 0.05) is 7.11 Å². The van der Waals surface area contributed by atoms with Gasteiger partial charge >= 0.3 is 6.03 Å². The Balaban J connectivity index is 1.81. The minimum atomic E-state index is -0.750.